The van der Waals surface area contributed by atoms with E-state index in [1.54, 1.807) is 18.2 Å². The molecule has 1 saturated carbocycles. The maximum Gasteiger partial charge on any atom is 0.307 e. The second-order valence-electron chi connectivity index (χ2n) is 4.96. The van der Waals surface area contributed by atoms with Gasteiger partial charge in [-0.2, -0.15) is 0 Å². The number of nitro groups is 1. The van der Waals surface area contributed by atoms with Crippen LogP contribution in [0.15, 0.2) is 29.2 Å². The lowest BCUT2D eigenvalue weighted by molar-refractivity contribution is -0.387. The zero-order valence-corrected chi connectivity index (χ0v) is 11.8. The van der Waals surface area contributed by atoms with Crippen LogP contribution in [0.1, 0.15) is 32.1 Å². The Labute approximate surface area is 121 Å². The van der Waals surface area contributed by atoms with Gasteiger partial charge in [0.15, 0.2) is 0 Å². The van der Waals surface area contributed by atoms with Crippen LogP contribution < -0.4 is 0 Å². The molecule has 0 spiro atoms. The molecule has 0 saturated heterocycles. The summed E-state index contributed by atoms with van der Waals surface area (Å²) in [6.45, 7) is 0. The van der Waals surface area contributed by atoms with Gasteiger partial charge in [0.05, 0.1) is 15.7 Å². The Hall–Kier alpha value is -1.56. The minimum absolute atomic E-state index is 0.0610. The summed E-state index contributed by atoms with van der Waals surface area (Å²) in [4.78, 5) is 22.6. The molecule has 1 N–H and O–H groups in total. The highest BCUT2D eigenvalue weighted by Gasteiger charge is 2.31. The summed E-state index contributed by atoms with van der Waals surface area (Å²) < 4.78 is 0. The SMILES string of the molecule is O=C(O)C1CCCCCC1Sc1ccccc1[N+](=O)[O-]. The first-order valence-corrected chi connectivity index (χ1v) is 7.60. The van der Waals surface area contributed by atoms with E-state index in [-0.39, 0.29) is 10.9 Å². The summed E-state index contributed by atoms with van der Waals surface area (Å²) in [7, 11) is 0. The lowest BCUT2D eigenvalue weighted by Crippen LogP contribution is -2.24. The highest BCUT2D eigenvalue weighted by molar-refractivity contribution is 8.00. The van der Waals surface area contributed by atoms with E-state index in [0.717, 1.165) is 25.7 Å². The predicted octanol–water partition coefficient (Wildman–Crippen LogP) is 3.72. The van der Waals surface area contributed by atoms with Crippen molar-refractivity contribution in [1.29, 1.82) is 0 Å². The quantitative estimate of drug-likeness (QED) is 0.520. The zero-order chi connectivity index (χ0) is 14.5. The summed E-state index contributed by atoms with van der Waals surface area (Å²) in [5, 5.41) is 20.3. The van der Waals surface area contributed by atoms with E-state index in [2.05, 4.69) is 0 Å². The zero-order valence-electron chi connectivity index (χ0n) is 11.0. The maximum atomic E-state index is 11.4. The first-order chi connectivity index (χ1) is 9.59. The van der Waals surface area contributed by atoms with Crippen LogP contribution >= 0.6 is 11.8 Å². The van der Waals surface area contributed by atoms with Crippen molar-refractivity contribution in [2.75, 3.05) is 0 Å². The number of carboxylic acids is 1. The molecule has 0 bridgehead atoms. The monoisotopic (exact) mass is 295 g/mol. The molecule has 0 aliphatic heterocycles. The van der Waals surface area contributed by atoms with Gasteiger partial charge in [-0.3, -0.25) is 14.9 Å². The summed E-state index contributed by atoms with van der Waals surface area (Å²) >= 11 is 1.35. The van der Waals surface area contributed by atoms with Crippen LogP contribution in [0.25, 0.3) is 0 Å². The Kier molecular flexibility index (Phi) is 5.00. The Morgan fingerprint density at radius 2 is 1.95 bits per heavy atom. The van der Waals surface area contributed by atoms with Gasteiger partial charge in [0.2, 0.25) is 0 Å². The normalized spacial score (nSPS) is 23.0. The summed E-state index contributed by atoms with van der Waals surface area (Å²) in [5.41, 5.74) is 0.0610. The first-order valence-electron chi connectivity index (χ1n) is 6.72. The van der Waals surface area contributed by atoms with Crippen molar-refractivity contribution in [3.8, 4) is 0 Å². The standard InChI is InChI=1S/C14H17NO4S/c16-14(17)10-6-2-1-3-8-12(10)20-13-9-5-4-7-11(13)15(18)19/h4-5,7,9-10,12H,1-3,6,8H2,(H,16,17). The molecule has 6 heteroatoms. The van der Waals surface area contributed by atoms with Crippen LogP contribution in [-0.4, -0.2) is 21.2 Å². The summed E-state index contributed by atoms with van der Waals surface area (Å²) in [5.74, 6) is -1.20. The second-order valence-corrected chi connectivity index (χ2v) is 6.24. The van der Waals surface area contributed by atoms with Crippen molar-refractivity contribution < 1.29 is 14.8 Å². The number of hydrogen-bond donors (Lipinski definition) is 1. The fraction of sp³-hybridized carbons (Fsp3) is 0.500. The number of nitrogens with zero attached hydrogens (tertiary/aromatic N) is 1. The van der Waals surface area contributed by atoms with Crippen molar-refractivity contribution in [2.45, 2.75) is 42.2 Å². The third-order valence-corrected chi connectivity index (χ3v) is 5.08. The van der Waals surface area contributed by atoms with Gasteiger partial charge >= 0.3 is 5.97 Å². The lowest BCUT2D eigenvalue weighted by atomic mass is 10.0. The largest absolute Gasteiger partial charge is 0.481 e. The van der Waals surface area contributed by atoms with Crippen molar-refractivity contribution >= 4 is 23.4 Å². The molecular weight excluding hydrogens is 278 g/mol. The average Bonchev–Trinajstić information content (AvgIpc) is 2.64. The summed E-state index contributed by atoms with van der Waals surface area (Å²) in [6.07, 6.45) is 4.41. The molecule has 1 aliphatic carbocycles. The second kappa shape index (κ2) is 6.74. The molecular formula is C14H17NO4S. The highest BCUT2D eigenvalue weighted by atomic mass is 32.2. The molecule has 0 radical (unpaired) electrons. The molecule has 108 valence electrons. The van der Waals surface area contributed by atoms with Crippen molar-refractivity contribution in [3.05, 3.63) is 34.4 Å². The summed E-state index contributed by atoms with van der Waals surface area (Å²) in [6, 6.07) is 6.55. The third kappa shape index (κ3) is 3.50. The fourth-order valence-electron chi connectivity index (χ4n) is 2.57. The predicted molar refractivity (Wildman–Crippen MR) is 77.0 cm³/mol. The molecule has 20 heavy (non-hydrogen) atoms. The van der Waals surface area contributed by atoms with Crippen LogP contribution in [0.5, 0.6) is 0 Å². The Morgan fingerprint density at radius 3 is 2.65 bits per heavy atom. The van der Waals surface area contributed by atoms with Gasteiger partial charge in [-0.1, -0.05) is 31.4 Å². The maximum absolute atomic E-state index is 11.4. The lowest BCUT2D eigenvalue weighted by Gasteiger charge is -2.20. The number of thioether (sulfide) groups is 1. The number of aliphatic carboxylic acids is 1. The average molecular weight is 295 g/mol. The molecule has 5 nitrogen and oxygen atoms in total. The van der Waals surface area contributed by atoms with Gasteiger partial charge in [-0.25, -0.2) is 0 Å². The van der Waals surface area contributed by atoms with E-state index in [1.807, 2.05) is 0 Å². The van der Waals surface area contributed by atoms with Gasteiger partial charge in [0.1, 0.15) is 0 Å². The number of benzene rings is 1. The molecule has 1 aromatic carbocycles. The fourth-order valence-corrected chi connectivity index (χ4v) is 4.02. The molecule has 0 amide bonds. The molecule has 2 unspecified atom stereocenters. The smallest absolute Gasteiger partial charge is 0.307 e. The number of nitro benzene ring substituents is 1. The van der Waals surface area contributed by atoms with Gasteiger partial charge in [-0.15, -0.1) is 11.8 Å². The molecule has 0 heterocycles. The van der Waals surface area contributed by atoms with Crippen molar-refractivity contribution in [2.24, 2.45) is 5.92 Å². The molecule has 1 aliphatic rings. The van der Waals surface area contributed by atoms with Gasteiger partial charge in [0, 0.05) is 11.3 Å². The van der Waals surface area contributed by atoms with Crippen LogP contribution in [-0.2, 0) is 4.79 Å². The Bertz CT molecular complexity index is 506. The van der Waals surface area contributed by atoms with Crippen LogP contribution in [0.4, 0.5) is 5.69 Å². The van der Waals surface area contributed by atoms with Crippen molar-refractivity contribution in [1.82, 2.24) is 0 Å². The molecule has 0 aromatic heterocycles. The number of rotatable bonds is 4. The van der Waals surface area contributed by atoms with Crippen LogP contribution in [0, 0.1) is 16.0 Å². The first kappa shape index (κ1) is 14.8. The van der Waals surface area contributed by atoms with Crippen LogP contribution in [0.2, 0.25) is 0 Å². The van der Waals surface area contributed by atoms with E-state index < -0.39 is 16.8 Å². The highest BCUT2D eigenvalue weighted by Crippen LogP contribution is 2.40. The minimum Gasteiger partial charge on any atom is -0.481 e. The van der Waals surface area contributed by atoms with Gasteiger partial charge in [0.25, 0.3) is 5.69 Å². The number of carbonyl (C=O) groups is 1. The van der Waals surface area contributed by atoms with Crippen molar-refractivity contribution in [3.63, 3.8) is 0 Å². The molecule has 2 atom stereocenters. The van der Waals surface area contributed by atoms with Crippen LogP contribution in [0.3, 0.4) is 0 Å². The number of para-hydroxylation sites is 1. The van der Waals surface area contributed by atoms with E-state index in [9.17, 15) is 20.0 Å². The van der Waals surface area contributed by atoms with E-state index in [1.165, 1.54) is 17.8 Å². The number of carboxylic acid groups (broad SMARTS) is 1. The number of hydrogen-bond acceptors (Lipinski definition) is 4. The van der Waals surface area contributed by atoms with E-state index in [0.29, 0.717) is 11.3 Å². The van der Waals surface area contributed by atoms with E-state index in [4.69, 9.17) is 0 Å². The molecule has 1 fully saturated rings. The third-order valence-electron chi connectivity index (χ3n) is 3.61. The molecule has 1 aromatic rings. The topological polar surface area (TPSA) is 80.4 Å². The Balaban J connectivity index is 2.22. The van der Waals surface area contributed by atoms with E-state index >= 15 is 0 Å². The Morgan fingerprint density at radius 1 is 1.25 bits per heavy atom. The molecule has 2 rings (SSSR count). The minimum atomic E-state index is -0.789. The van der Waals surface area contributed by atoms with Gasteiger partial charge in [-0.05, 0) is 18.9 Å². The van der Waals surface area contributed by atoms with Gasteiger partial charge < -0.3 is 5.11 Å².